The molecule has 5 nitrogen and oxygen atoms in total. The summed E-state index contributed by atoms with van der Waals surface area (Å²) >= 11 is 0. The summed E-state index contributed by atoms with van der Waals surface area (Å²) in [6, 6.07) is 11.9. The van der Waals surface area contributed by atoms with E-state index in [0.29, 0.717) is 5.56 Å². The van der Waals surface area contributed by atoms with Gasteiger partial charge in [-0.2, -0.15) is 18.3 Å². The Labute approximate surface area is 156 Å². The van der Waals surface area contributed by atoms with Crippen LogP contribution < -0.4 is 10.9 Å². The van der Waals surface area contributed by atoms with Crippen LogP contribution in [0, 0.1) is 5.82 Å². The zero-order chi connectivity index (χ0) is 20.3. The number of hydrogen-bond donors (Lipinski definition) is 1. The molecule has 1 amide bonds. The second-order valence-corrected chi connectivity index (χ2v) is 5.87. The monoisotopic (exact) mass is 391 g/mol. The Morgan fingerprint density at radius 1 is 1.04 bits per heavy atom. The molecule has 1 heterocycles. The average molecular weight is 391 g/mol. The number of nitrogens with zero attached hydrogens (tertiary/aromatic N) is 2. The van der Waals surface area contributed by atoms with Crippen LogP contribution in [0.2, 0.25) is 0 Å². The van der Waals surface area contributed by atoms with E-state index in [0.717, 1.165) is 22.9 Å². The van der Waals surface area contributed by atoms with E-state index in [-0.39, 0.29) is 17.9 Å². The van der Waals surface area contributed by atoms with E-state index >= 15 is 0 Å². The predicted molar refractivity (Wildman–Crippen MR) is 93.4 cm³/mol. The maximum Gasteiger partial charge on any atom is 0.416 e. The molecule has 28 heavy (non-hydrogen) atoms. The summed E-state index contributed by atoms with van der Waals surface area (Å²) < 4.78 is 52.3. The molecule has 1 aromatic heterocycles. The van der Waals surface area contributed by atoms with Gasteiger partial charge in [-0.05, 0) is 42.0 Å². The lowest BCUT2D eigenvalue weighted by atomic mass is 10.2. The fourth-order valence-electron chi connectivity index (χ4n) is 2.41. The van der Waals surface area contributed by atoms with Crippen LogP contribution in [0.5, 0.6) is 0 Å². The molecule has 0 aliphatic carbocycles. The number of carbonyl (C=O) groups excluding carboxylic acids is 1. The van der Waals surface area contributed by atoms with Crippen LogP contribution in [0.15, 0.2) is 65.5 Å². The van der Waals surface area contributed by atoms with Crippen molar-refractivity contribution in [2.24, 2.45) is 0 Å². The number of hydrogen-bond acceptors (Lipinski definition) is 3. The first kappa shape index (κ1) is 19.3. The van der Waals surface area contributed by atoms with Gasteiger partial charge in [-0.3, -0.25) is 9.59 Å². The highest BCUT2D eigenvalue weighted by Crippen LogP contribution is 2.30. The van der Waals surface area contributed by atoms with Crippen molar-refractivity contribution in [2.75, 3.05) is 5.32 Å². The van der Waals surface area contributed by atoms with Crippen LogP contribution in [0.4, 0.5) is 23.2 Å². The summed E-state index contributed by atoms with van der Waals surface area (Å²) in [5, 5.41) is 6.26. The lowest BCUT2D eigenvalue weighted by Gasteiger charge is -2.10. The number of anilines is 1. The van der Waals surface area contributed by atoms with E-state index < -0.39 is 29.0 Å². The Balaban J connectivity index is 1.81. The lowest BCUT2D eigenvalue weighted by Crippen LogP contribution is -2.26. The fraction of sp³-hybridized carbons (Fsp3) is 0.105. The van der Waals surface area contributed by atoms with Crippen LogP contribution in [-0.2, 0) is 12.7 Å². The molecular weight excluding hydrogens is 378 g/mol. The van der Waals surface area contributed by atoms with Gasteiger partial charge in [0.1, 0.15) is 11.5 Å². The topological polar surface area (TPSA) is 64.0 Å². The third kappa shape index (κ3) is 4.61. The van der Waals surface area contributed by atoms with Gasteiger partial charge in [-0.25, -0.2) is 9.07 Å². The molecule has 0 atom stereocenters. The number of nitrogens with one attached hydrogen (secondary N) is 1. The van der Waals surface area contributed by atoms with Gasteiger partial charge >= 0.3 is 6.18 Å². The Kier molecular flexibility index (Phi) is 5.25. The van der Waals surface area contributed by atoms with E-state index in [2.05, 4.69) is 10.4 Å². The van der Waals surface area contributed by atoms with Crippen LogP contribution in [0.1, 0.15) is 21.6 Å². The third-order valence-electron chi connectivity index (χ3n) is 3.79. The zero-order valence-corrected chi connectivity index (χ0v) is 14.2. The number of amides is 1. The van der Waals surface area contributed by atoms with Crippen molar-refractivity contribution >= 4 is 11.6 Å². The van der Waals surface area contributed by atoms with Gasteiger partial charge in [0.15, 0.2) is 0 Å². The highest BCUT2D eigenvalue weighted by Gasteiger charge is 2.30. The number of halogens is 4. The van der Waals surface area contributed by atoms with Crippen molar-refractivity contribution in [2.45, 2.75) is 12.7 Å². The van der Waals surface area contributed by atoms with E-state index in [9.17, 15) is 27.2 Å². The smallest absolute Gasteiger partial charge is 0.321 e. The van der Waals surface area contributed by atoms with Crippen LogP contribution in [0.25, 0.3) is 0 Å². The highest BCUT2D eigenvalue weighted by atomic mass is 19.4. The summed E-state index contributed by atoms with van der Waals surface area (Å²) in [6.45, 7) is 0.00376. The van der Waals surface area contributed by atoms with Gasteiger partial charge in [0.05, 0.1) is 12.1 Å². The van der Waals surface area contributed by atoms with E-state index in [1.807, 2.05) is 0 Å². The molecule has 0 unspecified atom stereocenters. The van der Waals surface area contributed by atoms with Crippen LogP contribution >= 0.6 is 0 Å². The van der Waals surface area contributed by atoms with Gasteiger partial charge in [0, 0.05) is 11.8 Å². The molecule has 144 valence electrons. The molecule has 0 aliphatic heterocycles. The summed E-state index contributed by atoms with van der Waals surface area (Å²) in [6.07, 6.45) is -4.54. The minimum Gasteiger partial charge on any atom is -0.321 e. The summed E-state index contributed by atoms with van der Waals surface area (Å²) in [7, 11) is 0. The van der Waals surface area contributed by atoms with Gasteiger partial charge < -0.3 is 5.32 Å². The molecule has 3 aromatic rings. The molecule has 0 spiro atoms. The molecule has 0 radical (unpaired) electrons. The van der Waals surface area contributed by atoms with Crippen molar-refractivity contribution in [1.82, 2.24) is 9.78 Å². The second kappa shape index (κ2) is 7.63. The molecule has 0 aliphatic rings. The molecule has 1 N–H and O–H groups in total. The Hall–Kier alpha value is -3.49. The Bertz CT molecular complexity index is 1060. The maximum atomic E-state index is 13.0. The van der Waals surface area contributed by atoms with E-state index in [1.165, 1.54) is 42.5 Å². The zero-order valence-electron chi connectivity index (χ0n) is 14.2. The van der Waals surface area contributed by atoms with Gasteiger partial charge in [0.25, 0.3) is 11.5 Å². The van der Waals surface area contributed by atoms with Crippen molar-refractivity contribution in [3.63, 3.8) is 0 Å². The van der Waals surface area contributed by atoms with Crippen molar-refractivity contribution < 1.29 is 22.4 Å². The first-order chi connectivity index (χ1) is 13.2. The molecule has 0 fully saturated rings. The summed E-state index contributed by atoms with van der Waals surface area (Å²) in [5.74, 6) is -1.20. The predicted octanol–water partition coefficient (Wildman–Crippen LogP) is 3.70. The molecular formula is C19H13F4N3O2. The van der Waals surface area contributed by atoms with Crippen LogP contribution in [0.3, 0.4) is 0 Å². The van der Waals surface area contributed by atoms with Crippen LogP contribution in [-0.4, -0.2) is 15.7 Å². The highest BCUT2D eigenvalue weighted by molar-refractivity contribution is 6.02. The maximum absolute atomic E-state index is 13.0. The van der Waals surface area contributed by atoms with E-state index in [4.69, 9.17) is 0 Å². The van der Waals surface area contributed by atoms with Crippen molar-refractivity contribution in [3.8, 4) is 0 Å². The molecule has 0 saturated carbocycles. The van der Waals surface area contributed by atoms with Crippen molar-refractivity contribution in [1.29, 1.82) is 0 Å². The van der Waals surface area contributed by atoms with Gasteiger partial charge in [-0.1, -0.05) is 18.2 Å². The van der Waals surface area contributed by atoms with Gasteiger partial charge in [0.2, 0.25) is 0 Å². The quantitative estimate of drug-likeness (QED) is 0.690. The minimum atomic E-state index is -4.54. The SMILES string of the molecule is O=C(Nc1cccc(C(F)(F)F)c1)c1ccc(=O)n(Cc2ccc(F)cc2)n1. The number of carbonyl (C=O) groups is 1. The summed E-state index contributed by atoms with van der Waals surface area (Å²) in [5.41, 5.74) is -1.01. The Morgan fingerprint density at radius 3 is 2.43 bits per heavy atom. The average Bonchev–Trinajstić information content (AvgIpc) is 2.65. The second-order valence-electron chi connectivity index (χ2n) is 5.87. The first-order valence-electron chi connectivity index (χ1n) is 8.03. The number of benzene rings is 2. The number of rotatable bonds is 4. The number of alkyl halides is 3. The Morgan fingerprint density at radius 2 is 1.75 bits per heavy atom. The molecule has 3 rings (SSSR count). The minimum absolute atomic E-state index is 0.00376. The van der Waals surface area contributed by atoms with E-state index in [1.54, 1.807) is 0 Å². The van der Waals surface area contributed by atoms with Gasteiger partial charge in [-0.15, -0.1) is 0 Å². The third-order valence-corrected chi connectivity index (χ3v) is 3.79. The molecule has 9 heteroatoms. The standard InChI is InChI=1S/C19H13F4N3O2/c20-14-6-4-12(5-7-14)11-26-17(27)9-8-16(25-26)18(28)24-15-3-1-2-13(10-15)19(21,22)23/h1-10H,11H2,(H,24,28). The first-order valence-corrected chi connectivity index (χ1v) is 8.03. The number of aromatic nitrogens is 2. The molecule has 2 aromatic carbocycles. The summed E-state index contributed by atoms with van der Waals surface area (Å²) in [4.78, 5) is 24.3. The lowest BCUT2D eigenvalue weighted by molar-refractivity contribution is -0.137. The largest absolute Gasteiger partial charge is 0.416 e. The fourth-order valence-corrected chi connectivity index (χ4v) is 2.41. The molecule has 0 bridgehead atoms. The normalized spacial score (nSPS) is 11.3. The molecule has 0 saturated heterocycles. The van der Waals surface area contributed by atoms with Crippen molar-refractivity contribution in [3.05, 3.63) is 93.7 Å².